The summed E-state index contributed by atoms with van der Waals surface area (Å²) in [5, 5.41) is 8.76. The summed E-state index contributed by atoms with van der Waals surface area (Å²) in [4.78, 5) is 25.4. The summed E-state index contributed by atoms with van der Waals surface area (Å²) in [5.41, 5.74) is -0.121. The van der Waals surface area contributed by atoms with E-state index in [1.165, 1.54) is 6.20 Å². The van der Waals surface area contributed by atoms with Gasteiger partial charge in [0.05, 0.1) is 36.2 Å². The number of rotatable bonds is 7. The summed E-state index contributed by atoms with van der Waals surface area (Å²) >= 11 is 0. The molecule has 9 heteroatoms. The number of nitrogens with zero attached hydrogens (tertiary/aromatic N) is 1. The molecule has 0 saturated heterocycles. The van der Waals surface area contributed by atoms with Gasteiger partial charge in [-0.25, -0.2) is 13.2 Å². The van der Waals surface area contributed by atoms with Crippen LogP contribution in [0.5, 0.6) is 0 Å². The smallest absolute Gasteiger partial charge is 0.337 e. The average Bonchev–Trinajstić information content (AvgIpc) is 2.37. The van der Waals surface area contributed by atoms with Crippen molar-refractivity contribution in [3.63, 3.8) is 0 Å². The molecule has 0 saturated carbocycles. The Morgan fingerprint density at radius 2 is 2.10 bits per heavy atom. The SMILES string of the molecule is CCOC(=O)CCS(=O)(=O)Nc1cncc(C(=O)O)c1. The van der Waals surface area contributed by atoms with E-state index in [1.807, 2.05) is 0 Å². The lowest BCUT2D eigenvalue weighted by molar-refractivity contribution is -0.142. The quantitative estimate of drug-likeness (QED) is 0.702. The monoisotopic (exact) mass is 302 g/mol. The van der Waals surface area contributed by atoms with Crippen molar-refractivity contribution in [3.8, 4) is 0 Å². The van der Waals surface area contributed by atoms with Crippen LogP contribution >= 0.6 is 0 Å². The van der Waals surface area contributed by atoms with Crippen molar-refractivity contribution >= 4 is 27.6 Å². The van der Waals surface area contributed by atoms with Gasteiger partial charge in [-0.1, -0.05) is 0 Å². The molecule has 1 heterocycles. The molecule has 0 aromatic carbocycles. The topological polar surface area (TPSA) is 123 Å². The molecule has 8 nitrogen and oxygen atoms in total. The molecule has 20 heavy (non-hydrogen) atoms. The maximum absolute atomic E-state index is 11.7. The summed E-state index contributed by atoms with van der Waals surface area (Å²) < 4.78 is 30.2. The molecule has 0 bridgehead atoms. The third kappa shape index (κ3) is 5.22. The van der Waals surface area contributed by atoms with E-state index in [-0.39, 0.29) is 24.3 Å². The van der Waals surface area contributed by atoms with E-state index >= 15 is 0 Å². The first-order valence-corrected chi connectivity index (χ1v) is 7.33. The van der Waals surface area contributed by atoms with E-state index in [4.69, 9.17) is 5.11 Å². The average molecular weight is 302 g/mol. The van der Waals surface area contributed by atoms with Crippen LogP contribution < -0.4 is 4.72 Å². The zero-order valence-electron chi connectivity index (χ0n) is 10.7. The number of carboxylic acid groups (broad SMARTS) is 1. The number of carbonyl (C=O) groups is 2. The van der Waals surface area contributed by atoms with Crippen molar-refractivity contribution in [2.75, 3.05) is 17.1 Å². The second-order valence-corrected chi connectivity index (χ2v) is 5.59. The maximum atomic E-state index is 11.7. The van der Waals surface area contributed by atoms with E-state index in [9.17, 15) is 18.0 Å². The summed E-state index contributed by atoms with van der Waals surface area (Å²) in [6, 6.07) is 1.14. The lowest BCUT2D eigenvalue weighted by Crippen LogP contribution is -2.20. The van der Waals surface area contributed by atoms with E-state index in [0.717, 1.165) is 12.3 Å². The molecular formula is C11H14N2O6S. The molecule has 1 aromatic rings. The minimum Gasteiger partial charge on any atom is -0.478 e. The van der Waals surface area contributed by atoms with Crippen molar-refractivity contribution in [2.45, 2.75) is 13.3 Å². The van der Waals surface area contributed by atoms with Crippen LogP contribution in [-0.4, -0.2) is 42.8 Å². The number of ether oxygens (including phenoxy) is 1. The van der Waals surface area contributed by atoms with Crippen molar-refractivity contribution in [1.82, 2.24) is 4.98 Å². The Balaban J connectivity index is 2.69. The van der Waals surface area contributed by atoms with Crippen LogP contribution in [0.1, 0.15) is 23.7 Å². The van der Waals surface area contributed by atoms with Crippen molar-refractivity contribution in [2.24, 2.45) is 0 Å². The van der Waals surface area contributed by atoms with Gasteiger partial charge in [-0.3, -0.25) is 14.5 Å². The van der Waals surface area contributed by atoms with Crippen molar-refractivity contribution in [1.29, 1.82) is 0 Å². The number of nitrogens with one attached hydrogen (secondary N) is 1. The minimum atomic E-state index is -3.77. The first kappa shape index (κ1) is 15.9. The first-order valence-electron chi connectivity index (χ1n) is 5.68. The highest BCUT2D eigenvalue weighted by Crippen LogP contribution is 2.11. The molecule has 0 spiro atoms. The molecule has 0 aliphatic rings. The molecule has 0 aliphatic heterocycles. The van der Waals surface area contributed by atoms with Crippen LogP contribution in [0.4, 0.5) is 5.69 Å². The number of aromatic carboxylic acids is 1. The number of aromatic nitrogens is 1. The third-order valence-electron chi connectivity index (χ3n) is 2.14. The lowest BCUT2D eigenvalue weighted by Gasteiger charge is -2.07. The largest absolute Gasteiger partial charge is 0.478 e. The molecule has 0 unspecified atom stereocenters. The van der Waals surface area contributed by atoms with Gasteiger partial charge >= 0.3 is 11.9 Å². The second kappa shape index (κ2) is 6.85. The number of esters is 1. The number of anilines is 1. The maximum Gasteiger partial charge on any atom is 0.337 e. The molecule has 0 fully saturated rings. The normalized spacial score (nSPS) is 10.8. The lowest BCUT2D eigenvalue weighted by atomic mass is 10.3. The van der Waals surface area contributed by atoms with Crippen molar-refractivity contribution in [3.05, 3.63) is 24.0 Å². The van der Waals surface area contributed by atoms with E-state index < -0.39 is 27.7 Å². The molecule has 110 valence electrons. The number of hydrogen-bond donors (Lipinski definition) is 2. The van der Waals surface area contributed by atoms with Gasteiger partial charge < -0.3 is 9.84 Å². The number of sulfonamides is 1. The fraction of sp³-hybridized carbons (Fsp3) is 0.364. The van der Waals surface area contributed by atoms with Crippen molar-refractivity contribution < 1.29 is 27.9 Å². The Kier molecular flexibility index (Phi) is 5.44. The highest BCUT2D eigenvalue weighted by molar-refractivity contribution is 7.92. The summed E-state index contributed by atoms with van der Waals surface area (Å²) in [6.07, 6.45) is 1.99. The van der Waals surface area contributed by atoms with Crippen LogP contribution in [0.2, 0.25) is 0 Å². The molecule has 2 N–H and O–H groups in total. The van der Waals surface area contributed by atoms with Crippen LogP contribution in [0.25, 0.3) is 0 Å². The Bertz CT molecular complexity index is 599. The highest BCUT2D eigenvalue weighted by Gasteiger charge is 2.15. The first-order chi connectivity index (χ1) is 9.34. The van der Waals surface area contributed by atoms with Gasteiger partial charge in [-0.2, -0.15) is 0 Å². The molecule has 0 aliphatic carbocycles. The van der Waals surface area contributed by atoms with E-state index in [1.54, 1.807) is 6.92 Å². The van der Waals surface area contributed by atoms with Gasteiger partial charge in [-0.05, 0) is 13.0 Å². The Labute approximate surface area is 115 Å². The predicted octanol–water partition coefficient (Wildman–Crippen LogP) is 0.475. The van der Waals surface area contributed by atoms with E-state index in [0.29, 0.717) is 0 Å². The van der Waals surface area contributed by atoms with Gasteiger partial charge in [0.25, 0.3) is 0 Å². The summed E-state index contributed by atoms with van der Waals surface area (Å²) in [7, 11) is -3.77. The van der Waals surface area contributed by atoms with Gasteiger partial charge in [-0.15, -0.1) is 0 Å². The van der Waals surface area contributed by atoms with Crippen LogP contribution in [0.15, 0.2) is 18.5 Å². The van der Waals surface area contributed by atoms with Gasteiger partial charge in [0, 0.05) is 6.20 Å². The number of carboxylic acids is 1. The second-order valence-electron chi connectivity index (χ2n) is 3.74. The Morgan fingerprint density at radius 3 is 2.70 bits per heavy atom. The standard InChI is InChI=1S/C11H14N2O6S/c1-2-19-10(14)3-4-20(17,18)13-9-5-8(11(15)16)6-12-7-9/h5-7,13H,2-4H2,1H3,(H,15,16). The predicted molar refractivity (Wildman–Crippen MR) is 69.9 cm³/mol. The number of carbonyl (C=O) groups excluding carboxylic acids is 1. The summed E-state index contributed by atoms with van der Waals surface area (Å²) in [6.45, 7) is 1.80. The number of hydrogen-bond acceptors (Lipinski definition) is 6. The fourth-order valence-electron chi connectivity index (χ4n) is 1.29. The highest BCUT2D eigenvalue weighted by atomic mass is 32.2. The third-order valence-corrected chi connectivity index (χ3v) is 3.43. The fourth-order valence-corrected chi connectivity index (χ4v) is 2.30. The van der Waals surface area contributed by atoms with E-state index in [2.05, 4.69) is 14.4 Å². The van der Waals surface area contributed by atoms with Crippen LogP contribution in [0.3, 0.4) is 0 Å². The molecular weight excluding hydrogens is 288 g/mol. The Hall–Kier alpha value is -2.16. The van der Waals surface area contributed by atoms with Crippen LogP contribution in [0, 0.1) is 0 Å². The molecule has 0 radical (unpaired) electrons. The number of pyridine rings is 1. The van der Waals surface area contributed by atoms with Crippen LogP contribution in [-0.2, 0) is 19.6 Å². The molecule has 1 rings (SSSR count). The van der Waals surface area contributed by atoms with Gasteiger partial charge in [0.15, 0.2) is 0 Å². The molecule has 0 amide bonds. The zero-order chi connectivity index (χ0) is 15.2. The molecule has 0 atom stereocenters. The van der Waals surface area contributed by atoms with Gasteiger partial charge in [0.1, 0.15) is 0 Å². The summed E-state index contributed by atoms with van der Waals surface area (Å²) in [5.74, 6) is -2.29. The zero-order valence-corrected chi connectivity index (χ0v) is 11.5. The molecule has 1 aromatic heterocycles. The van der Waals surface area contributed by atoms with Gasteiger partial charge in [0.2, 0.25) is 10.0 Å². The minimum absolute atomic E-state index is 0.0220. The Morgan fingerprint density at radius 1 is 1.40 bits per heavy atom.